The summed E-state index contributed by atoms with van der Waals surface area (Å²) in [6, 6.07) is 0. The molecule has 1 aromatic rings. The molecule has 0 unspecified atom stereocenters. The first-order valence-corrected chi connectivity index (χ1v) is 3.91. The van der Waals surface area contributed by atoms with Gasteiger partial charge in [0.05, 0.1) is 6.20 Å². The summed E-state index contributed by atoms with van der Waals surface area (Å²) in [7, 11) is 0. The van der Waals surface area contributed by atoms with E-state index in [1.165, 1.54) is 18.6 Å². The third-order valence-electron chi connectivity index (χ3n) is 1.83. The summed E-state index contributed by atoms with van der Waals surface area (Å²) in [6.45, 7) is 0. The lowest BCUT2D eigenvalue weighted by Crippen LogP contribution is -2.29. The van der Waals surface area contributed by atoms with E-state index in [9.17, 15) is 9.59 Å². The van der Waals surface area contributed by atoms with Crippen LogP contribution >= 0.6 is 0 Å². The second kappa shape index (κ2) is 2.93. The van der Waals surface area contributed by atoms with Crippen LogP contribution in [0.4, 0.5) is 5.82 Å². The van der Waals surface area contributed by atoms with Crippen LogP contribution in [0.2, 0.25) is 0 Å². The van der Waals surface area contributed by atoms with Gasteiger partial charge in [0.25, 0.3) is 0 Å². The summed E-state index contributed by atoms with van der Waals surface area (Å²) in [4.78, 5) is 31.2. The molecule has 1 saturated heterocycles. The van der Waals surface area contributed by atoms with E-state index in [2.05, 4.69) is 9.97 Å². The summed E-state index contributed by atoms with van der Waals surface area (Å²) in [6.07, 6.45) is 4.90. The van der Waals surface area contributed by atoms with Gasteiger partial charge in [-0.25, -0.2) is 9.88 Å². The number of amides is 2. The van der Waals surface area contributed by atoms with Crippen molar-refractivity contribution in [2.45, 2.75) is 12.8 Å². The highest BCUT2D eigenvalue weighted by Crippen LogP contribution is 2.18. The Balaban J connectivity index is 2.36. The Bertz CT molecular complexity index is 334. The summed E-state index contributed by atoms with van der Waals surface area (Å²) in [5.74, 6) is -0.0917. The van der Waals surface area contributed by atoms with Crippen molar-refractivity contribution in [2.24, 2.45) is 0 Å². The Kier molecular flexibility index (Phi) is 1.77. The fraction of sp³-hybridized carbons (Fsp3) is 0.250. The highest BCUT2D eigenvalue weighted by Gasteiger charge is 2.31. The Morgan fingerprint density at radius 2 is 1.85 bits per heavy atom. The fourth-order valence-electron chi connectivity index (χ4n) is 1.24. The van der Waals surface area contributed by atoms with Gasteiger partial charge in [0.15, 0.2) is 5.82 Å². The number of nitrogens with zero attached hydrogens (tertiary/aromatic N) is 3. The largest absolute Gasteiger partial charge is 0.274 e. The molecule has 2 heterocycles. The quantitative estimate of drug-likeness (QED) is 0.572. The van der Waals surface area contributed by atoms with Gasteiger partial charge in [-0.15, -0.1) is 0 Å². The van der Waals surface area contributed by atoms with E-state index < -0.39 is 0 Å². The number of carbonyl (C=O) groups excluding carboxylic acids is 2. The number of hydrogen-bond donors (Lipinski definition) is 0. The molecule has 0 N–H and O–H groups in total. The van der Waals surface area contributed by atoms with E-state index in [1.54, 1.807) is 0 Å². The van der Waals surface area contributed by atoms with Crippen LogP contribution < -0.4 is 4.90 Å². The van der Waals surface area contributed by atoms with Crippen molar-refractivity contribution in [2.75, 3.05) is 4.90 Å². The van der Waals surface area contributed by atoms with Crippen molar-refractivity contribution in [3.63, 3.8) is 0 Å². The average Bonchev–Trinajstić information content (AvgIpc) is 2.48. The van der Waals surface area contributed by atoms with Crippen LogP contribution in [0.3, 0.4) is 0 Å². The molecule has 66 valence electrons. The molecule has 1 aromatic heterocycles. The van der Waals surface area contributed by atoms with Crippen molar-refractivity contribution in [1.82, 2.24) is 9.97 Å². The molecule has 1 fully saturated rings. The minimum Gasteiger partial charge on any atom is -0.274 e. The molecule has 0 saturated carbocycles. The Morgan fingerprint density at radius 3 is 2.38 bits per heavy atom. The first kappa shape index (κ1) is 7.85. The molecular weight excluding hydrogens is 170 g/mol. The van der Waals surface area contributed by atoms with Gasteiger partial charge < -0.3 is 0 Å². The van der Waals surface area contributed by atoms with Crippen LogP contribution in [0.5, 0.6) is 0 Å². The van der Waals surface area contributed by atoms with Crippen LogP contribution in [-0.2, 0) is 9.59 Å². The molecule has 5 nitrogen and oxygen atoms in total. The van der Waals surface area contributed by atoms with Crippen molar-refractivity contribution in [1.29, 1.82) is 0 Å². The van der Waals surface area contributed by atoms with Crippen LogP contribution in [-0.4, -0.2) is 21.8 Å². The molecule has 1 aliphatic heterocycles. The second-order valence-electron chi connectivity index (χ2n) is 2.69. The van der Waals surface area contributed by atoms with Gasteiger partial charge in [0.1, 0.15) is 0 Å². The number of anilines is 1. The fourth-order valence-corrected chi connectivity index (χ4v) is 1.24. The molecular formula is C8H7N3O2. The van der Waals surface area contributed by atoms with E-state index in [0.29, 0.717) is 5.82 Å². The molecule has 0 bridgehead atoms. The zero-order valence-corrected chi connectivity index (χ0v) is 6.80. The van der Waals surface area contributed by atoms with Gasteiger partial charge in [0.2, 0.25) is 11.8 Å². The zero-order chi connectivity index (χ0) is 9.26. The Labute approximate surface area is 74.4 Å². The maximum atomic E-state index is 11.2. The maximum absolute atomic E-state index is 11.2. The molecule has 2 rings (SSSR count). The average molecular weight is 177 g/mol. The lowest BCUT2D eigenvalue weighted by molar-refractivity contribution is -0.121. The molecule has 0 radical (unpaired) electrons. The lowest BCUT2D eigenvalue weighted by atomic mass is 10.4. The molecule has 0 atom stereocenters. The van der Waals surface area contributed by atoms with Crippen molar-refractivity contribution in [3.8, 4) is 0 Å². The van der Waals surface area contributed by atoms with E-state index in [1.807, 2.05) is 0 Å². The van der Waals surface area contributed by atoms with Crippen molar-refractivity contribution < 1.29 is 9.59 Å². The van der Waals surface area contributed by atoms with Crippen LogP contribution in [0.15, 0.2) is 18.6 Å². The summed E-state index contributed by atoms with van der Waals surface area (Å²) in [5, 5.41) is 0. The van der Waals surface area contributed by atoms with Crippen LogP contribution in [0, 0.1) is 0 Å². The predicted molar refractivity (Wildman–Crippen MR) is 43.8 cm³/mol. The van der Waals surface area contributed by atoms with Crippen molar-refractivity contribution >= 4 is 17.6 Å². The standard InChI is InChI=1S/C8H7N3O2/c12-7-1-2-8(13)11(7)6-5-9-3-4-10-6/h3-5H,1-2H2. The second-order valence-corrected chi connectivity index (χ2v) is 2.69. The normalized spacial score (nSPS) is 16.8. The molecule has 13 heavy (non-hydrogen) atoms. The molecule has 0 aliphatic carbocycles. The topological polar surface area (TPSA) is 63.2 Å². The highest BCUT2D eigenvalue weighted by atomic mass is 16.2. The molecule has 5 heteroatoms. The van der Waals surface area contributed by atoms with Gasteiger partial charge in [-0.2, -0.15) is 0 Å². The summed E-state index contributed by atoms with van der Waals surface area (Å²) >= 11 is 0. The maximum Gasteiger partial charge on any atom is 0.235 e. The van der Waals surface area contributed by atoms with Gasteiger partial charge >= 0.3 is 0 Å². The number of aromatic nitrogens is 2. The summed E-state index contributed by atoms with van der Waals surface area (Å²) < 4.78 is 0. The molecule has 0 spiro atoms. The minimum atomic E-state index is -0.203. The number of carbonyl (C=O) groups is 2. The molecule has 2 amide bonds. The van der Waals surface area contributed by atoms with Crippen LogP contribution in [0.25, 0.3) is 0 Å². The van der Waals surface area contributed by atoms with Gasteiger partial charge in [-0.05, 0) is 0 Å². The third kappa shape index (κ3) is 1.28. The van der Waals surface area contributed by atoms with E-state index >= 15 is 0 Å². The van der Waals surface area contributed by atoms with Crippen molar-refractivity contribution in [3.05, 3.63) is 18.6 Å². The van der Waals surface area contributed by atoms with Gasteiger partial charge in [-0.1, -0.05) is 0 Å². The zero-order valence-electron chi connectivity index (χ0n) is 6.80. The van der Waals surface area contributed by atoms with E-state index in [0.717, 1.165) is 4.90 Å². The lowest BCUT2D eigenvalue weighted by Gasteiger charge is -2.10. The number of rotatable bonds is 1. The van der Waals surface area contributed by atoms with Gasteiger partial charge in [0, 0.05) is 25.2 Å². The highest BCUT2D eigenvalue weighted by molar-refractivity contribution is 6.19. The van der Waals surface area contributed by atoms with Crippen LogP contribution in [0.1, 0.15) is 12.8 Å². The SMILES string of the molecule is O=C1CCC(=O)N1c1cnccn1. The Morgan fingerprint density at radius 1 is 1.15 bits per heavy atom. The smallest absolute Gasteiger partial charge is 0.235 e. The number of imide groups is 1. The minimum absolute atomic E-state index is 0.203. The Hall–Kier alpha value is -1.78. The first-order valence-electron chi connectivity index (χ1n) is 3.91. The monoisotopic (exact) mass is 177 g/mol. The van der Waals surface area contributed by atoms with E-state index in [-0.39, 0.29) is 24.7 Å². The van der Waals surface area contributed by atoms with E-state index in [4.69, 9.17) is 0 Å². The first-order chi connectivity index (χ1) is 6.29. The third-order valence-corrected chi connectivity index (χ3v) is 1.83. The number of hydrogen-bond acceptors (Lipinski definition) is 4. The predicted octanol–water partition coefficient (Wildman–Crippen LogP) is 0.130. The molecule has 0 aromatic carbocycles. The van der Waals surface area contributed by atoms with Gasteiger partial charge in [-0.3, -0.25) is 14.6 Å². The molecule has 1 aliphatic rings. The summed E-state index contributed by atoms with van der Waals surface area (Å²) in [5.41, 5.74) is 0.